The first-order valence-corrected chi connectivity index (χ1v) is 6.13. The number of hydrogen-bond acceptors (Lipinski definition) is 6. The van der Waals surface area contributed by atoms with Gasteiger partial charge in [0.15, 0.2) is 5.82 Å². The van der Waals surface area contributed by atoms with Crippen molar-refractivity contribution in [2.75, 3.05) is 30.6 Å². The van der Waals surface area contributed by atoms with Gasteiger partial charge in [0, 0.05) is 19.7 Å². The summed E-state index contributed by atoms with van der Waals surface area (Å²) in [7, 11) is 1.68. The quantitative estimate of drug-likeness (QED) is 0.611. The van der Waals surface area contributed by atoms with Gasteiger partial charge in [-0.05, 0) is 29.8 Å². The molecule has 1 aromatic rings. The Bertz CT molecular complexity index is 361. The highest BCUT2D eigenvalue weighted by Gasteiger charge is 2.17. The predicted octanol–water partition coefficient (Wildman–Crippen LogP) is 1.39. The summed E-state index contributed by atoms with van der Waals surface area (Å²) in [4.78, 5) is 10.4. The van der Waals surface area contributed by atoms with Crippen LogP contribution < -0.4 is 16.2 Å². The van der Waals surface area contributed by atoms with E-state index in [0.29, 0.717) is 18.5 Å². The number of nitrogens with zero attached hydrogens (tertiary/aromatic N) is 3. The van der Waals surface area contributed by atoms with Crippen LogP contribution in [0.25, 0.3) is 0 Å². The average Bonchev–Trinajstić information content (AvgIpc) is 2.31. The van der Waals surface area contributed by atoms with Gasteiger partial charge in [-0.25, -0.2) is 15.8 Å². The SMILES string of the molecule is COCCN(c1ncnc(NN)c1Br)C(C)C. The maximum atomic E-state index is 5.38. The van der Waals surface area contributed by atoms with Gasteiger partial charge in [0.2, 0.25) is 0 Å². The Morgan fingerprint density at radius 2 is 2.24 bits per heavy atom. The summed E-state index contributed by atoms with van der Waals surface area (Å²) in [6.45, 7) is 5.59. The number of methoxy groups -OCH3 is 1. The molecule has 0 bridgehead atoms. The molecule has 0 unspecified atom stereocenters. The zero-order chi connectivity index (χ0) is 12.8. The van der Waals surface area contributed by atoms with Crippen molar-refractivity contribution in [1.82, 2.24) is 9.97 Å². The molecule has 0 radical (unpaired) electrons. The Morgan fingerprint density at radius 3 is 2.76 bits per heavy atom. The molecule has 0 aliphatic carbocycles. The molecule has 1 rings (SSSR count). The van der Waals surface area contributed by atoms with Crippen LogP contribution in [0.3, 0.4) is 0 Å². The minimum Gasteiger partial charge on any atom is -0.383 e. The molecule has 1 aromatic heterocycles. The van der Waals surface area contributed by atoms with E-state index in [9.17, 15) is 0 Å². The Balaban J connectivity index is 3.01. The van der Waals surface area contributed by atoms with Gasteiger partial charge in [-0.15, -0.1) is 0 Å². The molecule has 0 amide bonds. The lowest BCUT2D eigenvalue weighted by Gasteiger charge is -2.28. The second-order valence-electron chi connectivity index (χ2n) is 3.78. The van der Waals surface area contributed by atoms with E-state index in [-0.39, 0.29) is 0 Å². The first kappa shape index (κ1) is 14.1. The fourth-order valence-corrected chi connectivity index (χ4v) is 2.01. The normalized spacial score (nSPS) is 10.7. The summed E-state index contributed by atoms with van der Waals surface area (Å²) in [6.07, 6.45) is 1.48. The lowest BCUT2D eigenvalue weighted by atomic mass is 10.3. The van der Waals surface area contributed by atoms with Crippen LogP contribution in [0.4, 0.5) is 11.6 Å². The minimum absolute atomic E-state index is 0.307. The van der Waals surface area contributed by atoms with E-state index in [1.54, 1.807) is 7.11 Å². The fraction of sp³-hybridized carbons (Fsp3) is 0.600. The Kier molecular flexibility index (Phi) is 5.60. The smallest absolute Gasteiger partial charge is 0.159 e. The molecule has 0 fully saturated rings. The molecule has 1 heterocycles. The van der Waals surface area contributed by atoms with E-state index in [1.165, 1.54) is 6.33 Å². The number of halogens is 1. The van der Waals surface area contributed by atoms with Crippen LogP contribution in [0, 0.1) is 0 Å². The largest absolute Gasteiger partial charge is 0.383 e. The third kappa shape index (κ3) is 3.52. The zero-order valence-corrected chi connectivity index (χ0v) is 11.9. The van der Waals surface area contributed by atoms with Gasteiger partial charge in [-0.2, -0.15) is 0 Å². The van der Waals surface area contributed by atoms with Gasteiger partial charge in [0.05, 0.1) is 6.61 Å². The van der Waals surface area contributed by atoms with E-state index in [4.69, 9.17) is 10.6 Å². The summed E-state index contributed by atoms with van der Waals surface area (Å²) < 4.78 is 5.86. The highest BCUT2D eigenvalue weighted by atomic mass is 79.9. The van der Waals surface area contributed by atoms with E-state index < -0.39 is 0 Å². The maximum absolute atomic E-state index is 5.38. The third-order valence-corrected chi connectivity index (χ3v) is 3.07. The van der Waals surface area contributed by atoms with Crippen molar-refractivity contribution in [3.05, 3.63) is 10.8 Å². The predicted molar refractivity (Wildman–Crippen MR) is 71.9 cm³/mol. The standard InChI is InChI=1S/C10H18BrN5O/c1-7(2)16(4-5-17-3)10-8(11)9(15-12)13-6-14-10/h6-7H,4-5,12H2,1-3H3,(H,13,14,15). The molecule has 3 N–H and O–H groups in total. The van der Waals surface area contributed by atoms with E-state index in [2.05, 4.69) is 50.1 Å². The lowest BCUT2D eigenvalue weighted by Crippen LogP contribution is -2.35. The number of ether oxygens (including phenoxy) is 1. The molecule has 0 saturated carbocycles. The summed E-state index contributed by atoms with van der Waals surface area (Å²) in [6, 6.07) is 0.307. The van der Waals surface area contributed by atoms with Gasteiger partial charge in [0.1, 0.15) is 16.6 Å². The Hall–Kier alpha value is -0.920. The van der Waals surface area contributed by atoms with Gasteiger partial charge in [-0.1, -0.05) is 0 Å². The second-order valence-corrected chi connectivity index (χ2v) is 4.58. The highest BCUT2D eigenvalue weighted by Crippen LogP contribution is 2.29. The lowest BCUT2D eigenvalue weighted by molar-refractivity contribution is 0.203. The fourth-order valence-electron chi connectivity index (χ4n) is 1.46. The Morgan fingerprint density at radius 1 is 1.53 bits per heavy atom. The molecule has 0 aliphatic heterocycles. The molecule has 0 aliphatic rings. The molecular formula is C10H18BrN5O. The van der Waals surface area contributed by atoms with Crippen molar-refractivity contribution in [3.8, 4) is 0 Å². The molecule has 96 valence electrons. The molecule has 7 heteroatoms. The number of nitrogens with one attached hydrogen (secondary N) is 1. The molecule has 0 spiro atoms. The second kappa shape index (κ2) is 6.73. The van der Waals surface area contributed by atoms with Crippen LogP contribution in [0.2, 0.25) is 0 Å². The first-order chi connectivity index (χ1) is 8.11. The van der Waals surface area contributed by atoms with Crippen molar-refractivity contribution in [1.29, 1.82) is 0 Å². The highest BCUT2D eigenvalue weighted by molar-refractivity contribution is 9.10. The van der Waals surface area contributed by atoms with E-state index in [0.717, 1.165) is 16.8 Å². The molecule has 17 heavy (non-hydrogen) atoms. The molecule has 0 aromatic carbocycles. The van der Waals surface area contributed by atoms with Gasteiger partial charge in [0.25, 0.3) is 0 Å². The maximum Gasteiger partial charge on any atom is 0.159 e. The number of anilines is 2. The molecule has 0 atom stereocenters. The number of nitrogen functional groups attached to an aromatic ring is 1. The van der Waals surface area contributed by atoms with Crippen molar-refractivity contribution < 1.29 is 4.74 Å². The van der Waals surface area contributed by atoms with Crippen molar-refractivity contribution >= 4 is 27.6 Å². The van der Waals surface area contributed by atoms with Gasteiger partial charge in [-0.3, -0.25) is 0 Å². The van der Waals surface area contributed by atoms with Crippen molar-refractivity contribution in [2.24, 2.45) is 5.84 Å². The zero-order valence-electron chi connectivity index (χ0n) is 10.3. The Labute approximate surface area is 110 Å². The minimum atomic E-state index is 0.307. The average molecular weight is 304 g/mol. The van der Waals surface area contributed by atoms with Crippen LogP contribution in [0.15, 0.2) is 10.8 Å². The number of aromatic nitrogens is 2. The number of nitrogens with two attached hydrogens (primary N) is 1. The van der Waals surface area contributed by atoms with Crippen LogP contribution in [0.5, 0.6) is 0 Å². The van der Waals surface area contributed by atoms with Gasteiger partial charge >= 0.3 is 0 Å². The molecule has 0 saturated heterocycles. The monoisotopic (exact) mass is 303 g/mol. The van der Waals surface area contributed by atoms with Crippen LogP contribution >= 0.6 is 15.9 Å². The number of rotatable bonds is 6. The summed E-state index contributed by atoms with van der Waals surface area (Å²) in [5.41, 5.74) is 2.53. The number of hydrazine groups is 1. The number of hydrogen-bond donors (Lipinski definition) is 2. The molecular weight excluding hydrogens is 286 g/mol. The van der Waals surface area contributed by atoms with Gasteiger partial charge < -0.3 is 15.1 Å². The van der Waals surface area contributed by atoms with Crippen molar-refractivity contribution in [2.45, 2.75) is 19.9 Å². The summed E-state index contributed by atoms with van der Waals surface area (Å²) in [5, 5.41) is 0. The van der Waals surface area contributed by atoms with Crippen LogP contribution in [-0.2, 0) is 4.74 Å². The van der Waals surface area contributed by atoms with Crippen LogP contribution in [-0.4, -0.2) is 36.3 Å². The molecule has 6 nitrogen and oxygen atoms in total. The topological polar surface area (TPSA) is 76.3 Å². The van der Waals surface area contributed by atoms with Crippen molar-refractivity contribution in [3.63, 3.8) is 0 Å². The van der Waals surface area contributed by atoms with Crippen LogP contribution in [0.1, 0.15) is 13.8 Å². The first-order valence-electron chi connectivity index (χ1n) is 5.34. The van der Waals surface area contributed by atoms with E-state index >= 15 is 0 Å². The summed E-state index contributed by atoms with van der Waals surface area (Å²) in [5.74, 6) is 6.76. The summed E-state index contributed by atoms with van der Waals surface area (Å²) >= 11 is 3.45. The van der Waals surface area contributed by atoms with E-state index in [1.807, 2.05) is 0 Å². The third-order valence-electron chi connectivity index (χ3n) is 2.34.